The number of rotatable bonds is 2. The second-order valence-electron chi connectivity index (χ2n) is 2.76. The number of benzene rings is 1. The molecule has 0 bridgehead atoms. The van der Waals surface area contributed by atoms with Crippen molar-refractivity contribution < 1.29 is 13.3 Å². The van der Waals surface area contributed by atoms with Crippen molar-refractivity contribution in [3.8, 4) is 0 Å². The summed E-state index contributed by atoms with van der Waals surface area (Å²) in [6.07, 6.45) is 0. The summed E-state index contributed by atoms with van der Waals surface area (Å²) in [6.45, 7) is 1.44. The van der Waals surface area contributed by atoms with Crippen molar-refractivity contribution in [1.82, 2.24) is 0 Å². The molecule has 0 atom stereocenters. The Hall–Kier alpha value is -0.660. The summed E-state index contributed by atoms with van der Waals surface area (Å²) in [5.74, 6) is 0. The fraction of sp³-hybridized carbons (Fsp3) is 0.143. The van der Waals surface area contributed by atoms with Gasteiger partial charge in [-0.15, -0.1) is 0 Å². The molecule has 0 saturated heterocycles. The van der Waals surface area contributed by atoms with E-state index in [9.17, 15) is 18.5 Å². The third-order valence-electron chi connectivity index (χ3n) is 1.70. The molecule has 0 fully saturated rings. The SMILES string of the molecule is Cc1cc([N+](=O)[O-])c(Br)cc1S(=O)(=O)Cl. The minimum atomic E-state index is -3.88. The lowest BCUT2D eigenvalue weighted by molar-refractivity contribution is -0.385. The van der Waals surface area contributed by atoms with E-state index >= 15 is 0 Å². The topological polar surface area (TPSA) is 77.3 Å². The van der Waals surface area contributed by atoms with E-state index in [4.69, 9.17) is 10.7 Å². The zero-order chi connectivity index (χ0) is 11.8. The van der Waals surface area contributed by atoms with E-state index in [0.29, 0.717) is 0 Å². The van der Waals surface area contributed by atoms with Gasteiger partial charge in [0.25, 0.3) is 14.7 Å². The fourth-order valence-electron chi connectivity index (χ4n) is 1.05. The molecule has 1 aromatic carbocycles. The predicted molar refractivity (Wildman–Crippen MR) is 58.6 cm³/mol. The molecule has 8 heteroatoms. The van der Waals surface area contributed by atoms with Crippen LogP contribution in [-0.2, 0) is 9.05 Å². The Morgan fingerprint density at radius 1 is 1.47 bits per heavy atom. The Labute approximate surface area is 98.7 Å². The highest BCUT2D eigenvalue weighted by atomic mass is 79.9. The lowest BCUT2D eigenvalue weighted by Crippen LogP contribution is -1.97. The van der Waals surface area contributed by atoms with Crippen molar-refractivity contribution >= 4 is 41.4 Å². The summed E-state index contributed by atoms with van der Waals surface area (Å²) < 4.78 is 22.2. The summed E-state index contributed by atoms with van der Waals surface area (Å²) in [6, 6.07) is 2.27. The van der Waals surface area contributed by atoms with Crippen molar-refractivity contribution in [1.29, 1.82) is 0 Å². The zero-order valence-electron chi connectivity index (χ0n) is 7.40. The van der Waals surface area contributed by atoms with E-state index in [0.717, 1.165) is 12.1 Å². The summed E-state index contributed by atoms with van der Waals surface area (Å²) >= 11 is 2.91. The van der Waals surface area contributed by atoms with Gasteiger partial charge in [-0.1, -0.05) is 0 Å². The van der Waals surface area contributed by atoms with Crippen molar-refractivity contribution in [2.45, 2.75) is 11.8 Å². The van der Waals surface area contributed by atoms with Gasteiger partial charge in [0.05, 0.1) is 14.3 Å². The van der Waals surface area contributed by atoms with Crippen LogP contribution in [0.3, 0.4) is 0 Å². The molecule has 0 heterocycles. The summed E-state index contributed by atoms with van der Waals surface area (Å²) in [5.41, 5.74) is 0.0384. The van der Waals surface area contributed by atoms with Crippen LogP contribution in [0.5, 0.6) is 0 Å². The molecule has 1 rings (SSSR count). The number of nitro groups is 1. The monoisotopic (exact) mass is 313 g/mol. The van der Waals surface area contributed by atoms with Crippen LogP contribution in [0.25, 0.3) is 0 Å². The van der Waals surface area contributed by atoms with Crippen molar-refractivity contribution in [2.24, 2.45) is 0 Å². The van der Waals surface area contributed by atoms with Gasteiger partial charge in [-0.2, -0.15) is 0 Å². The Kier molecular flexibility index (Phi) is 3.37. The van der Waals surface area contributed by atoms with E-state index in [2.05, 4.69) is 15.9 Å². The molecule has 0 amide bonds. The lowest BCUT2D eigenvalue weighted by Gasteiger charge is -2.03. The third kappa shape index (κ3) is 2.67. The van der Waals surface area contributed by atoms with E-state index in [1.807, 2.05) is 0 Å². The van der Waals surface area contributed by atoms with Gasteiger partial charge in [0.1, 0.15) is 0 Å². The minimum Gasteiger partial charge on any atom is -0.258 e. The fourth-order valence-corrected chi connectivity index (χ4v) is 2.89. The van der Waals surface area contributed by atoms with Gasteiger partial charge in [0.15, 0.2) is 0 Å². The van der Waals surface area contributed by atoms with E-state index in [1.54, 1.807) is 0 Å². The molecule has 0 saturated carbocycles. The number of hydrogen-bond donors (Lipinski definition) is 0. The van der Waals surface area contributed by atoms with Gasteiger partial charge in [0, 0.05) is 16.7 Å². The summed E-state index contributed by atoms with van der Waals surface area (Å²) in [4.78, 5) is 9.78. The molecule has 0 aliphatic heterocycles. The third-order valence-corrected chi connectivity index (χ3v) is 3.80. The molecule has 1 aromatic rings. The van der Waals surface area contributed by atoms with Crippen molar-refractivity contribution in [3.63, 3.8) is 0 Å². The van der Waals surface area contributed by atoms with Crippen LogP contribution in [0.4, 0.5) is 5.69 Å². The smallest absolute Gasteiger partial charge is 0.258 e. The maximum atomic E-state index is 11.1. The molecule has 0 N–H and O–H groups in total. The predicted octanol–water partition coefficient (Wildman–Crippen LogP) is 2.59. The Balaban J connectivity index is 3.52. The van der Waals surface area contributed by atoms with Crippen LogP contribution in [-0.4, -0.2) is 13.3 Å². The number of hydrogen-bond acceptors (Lipinski definition) is 4. The first-order chi connectivity index (χ1) is 6.73. The second kappa shape index (κ2) is 4.07. The number of aryl methyl sites for hydroxylation is 1. The molecular weight excluding hydrogens is 310 g/mol. The van der Waals surface area contributed by atoms with Crippen LogP contribution in [0, 0.1) is 17.0 Å². The first kappa shape index (κ1) is 12.4. The standard InChI is InChI=1S/C7H5BrClNO4S/c1-4-2-6(10(11)12)5(8)3-7(4)15(9,13)14/h2-3H,1H3. The highest BCUT2D eigenvalue weighted by Crippen LogP contribution is 2.31. The maximum Gasteiger partial charge on any atom is 0.283 e. The number of nitro benzene ring substituents is 1. The normalized spacial score (nSPS) is 11.4. The van der Waals surface area contributed by atoms with E-state index in [-0.39, 0.29) is 20.6 Å². The lowest BCUT2D eigenvalue weighted by atomic mass is 10.2. The van der Waals surface area contributed by atoms with Crippen LogP contribution >= 0.6 is 26.6 Å². The second-order valence-corrected chi connectivity index (χ2v) is 6.15. The van der Waals surface area contributed by atoms with Crippen LogP contribution in [0.1, 0.15) is 5.56 Å². The molecule has 15 heavy (non-hydrogen) atoms. The van der Waals surface area contributed by atoms with E-state index in [1.165, 1.54) is 6.92 Å². The maximum absolute atomic E-state index is 11.1. The number of nitrogens with zero attached hydrogens (tertiary/aromatic N) is 1. The molecule has 0 aliphatic carbocycles. The largest absolute Gasteiger partial charge is 0.283 e. The molecule has 0 unspecified atom stereocenters. The minimum absolute atomic E-state index is 0.0809. The van der Waals surface area contributed by atoms with Gasteiger partial charge in [-0.25, -0.2) is 8.42 Å². The van der Waals surface area contributed by atoms with Gasteiger partial charge < -0.3 is 0 Å². The highest BCUT2D eigenvalue weighted by molar-refractivity contribution is 9.10. The van der Waals surface area contributed by atoms with E-state index < -0.39 is 14.0 Å². The summed E-state index contributed by atoms with van der Waals surface area (Å²) in [5, 5.41) is 10.5. The van der Waals surface area contributed by atoms with Gasteiger partial charge in [-0.3, -0.25) is 10.1 Å². The van der Waals surface area contributed by atoms with Gasteiger partial charge >= 0.3 is 0 Å². The molecular formula is C7H5BrClNO4S. The average Bonchev–Trinajstić information content (AvgIpc) is 2.06. The Morgan fingerprint density at radius 2 is 2.00 bits per heavy atom. The zero-order valence-corrected chi connectivity index (χ0v) is 10.6. The van der Waals surface area contributed by atoms with Crippen LogP contribution in [0.15, 0.2) is 21.5 Å². The molecule has 82 valence electrons. The first-order valence-corrected chi connectivity index (χ1v) is 6.73. The average molecular weight is 315 g/mol. The molecule has 0 aromatic heterocycles. The summed E-state index contributed by atoms with van der Waals surface area (Å²) in [7, 11) is 1.27. The van der Waals surface area contributed by atoms with Crippen molar-refractivity contribution in [2.75, 3.05) is 0 Å². The molecule has 0 spiro atoms. The van der Waals surface area contributed by atoms with Crippen LogP contribution < -0.4 is 0 Å². The molecule has 5 nitrogen and oxygen atoms in total. The number of halogens is 2. The van der Waals surface area contributed by atoms with Crippen molar-refractivity contribution in [3.05, 3.63) is 32.3 Å². The first-order valence-electron chi connectivity index (χ1n) is 3.62. The Morgan fingerprint density at radius 3 is 2.40 bits per heavy atom. The van der Waals surface area contributed by atoms with Gasteiger partial charge in [0.2, 0.25) is 0 Å². The molecule has 0 aliphatic rings. The quantitative estimate of drug-likeness (QED) is 0.477. The highest BCUT2D eigenvalue weighted by Gasteiger charge is 2.20. The molecule has 0 radical (unpaired) electrons. The van der Waals surface area contributed by atoms with Gasteiger partial charge in [-0.05, 0) is 34.5 Å². The van der Waals surface area contributed by atoms with Crippen LogP contribution in [0.2, 0.25) is 0 Å². The Bertz CT molecular complexity index is 528.